The third-order valence-electron chi connectivity index (χ3n) is 3.73. The average Bonchev–Trinajstić information content (AvgIpc) is 3.11. The van der Waals surface area contributed by atoms with E-state index in [2.05, 4.69) is 27.9 Å². The summed E-state index contributed by atoms with van der Waals surface area (Å²) in [6.45, 7) is 2.88. The van der Waals surface area contributed by atoms with Crippen LogP contribution in [0.5, 0.6) is 0 Å². The van der Waals surface area contributed by atoms with Gasteiger partial charge in [-0.05, 0) is 30.7 Å². The van der Waals surface area contributed by atoms with Crippen molar-refractivity contribution in [3.05, 3.63) is 48.3 Å². The summed E-state index contributed by atoms with van der Waals surface area (Å²) in [5.74, 6) is 0. The molecular formula is C15H20N4O. The van der Waals surface area contributed by atoms with E-state index >= 15 is 0 Å². The van der Waals surface area contributed by atoms with Crippen molar-refractivity contribution >= 4 is 0 Å². The lowest BCUT2D eigenvalue weighted by Crippen LogP contribution is -2.42. The molecule has 5 heteroatoms. The Balaban J connectivity index is 1.66. The van der Waals surface area contributed by atoms with E-state index in [0.29, 0.717) is 13.1 Å². The minimum absolute atomic E-state index is 0.605. The Bertz CT molecular complexity index is 547. The molecule has 1 aromatic carbocycles. The van der Waals surface area contributed by atoms with Crippen LogP contribution in [-0.2, 0) is 6.54 Å². The molecule has 20 heavy (non-hydrogen) atoms. The Morgan fingerprint density at radius 2 is 2.25 bits per heavy atom. The van der Waals surface area contributed by atoms with Gasteiger partial charge in [-0.25, -0.2) is 4.68 Å². The molecule has 1 atom stereocenters. The van der Waals surface area contributed by atoms with E-state index in [9.17, 15) is 5.11 Å². The van der Waals surface area contributed by atoms with Gasteiger partial charge in [0.25, 0.3) is 0 Å². The molecule has 0 radical (unpaired) electrons. The van der Waals surface area contributed by atoms with Crippen LogP contribution in [0.25, 0.3) is 5.69 Å². The van der Waals surface area contributed by atoms with Crippen molar-refractivity contribution in [3.63, 3.8) is 0 Å². The SMILES string of the molecule is O[C@@]1(CNCc2ccccc2-n2cccn2)CCNC1. The van der Waals surface area contributed by atoms with Crippen molar-refractivity contribution in [2.45, 2.75) is 18.6 Å². The van der Waals surface area contributed by atoms with Crippen molar-refractivity contribution < 1.29 is 5.11 Å². The molecule has 0 saturated carbocycles. The smallest absolute Gasteiger partial charge is 0.0907 e. The Morgan fingerprint density at radius 3 is 3.00 bits per heavy atom. The monoisotopic (exact) mass is 272 g/mol. The van der Waals surface area contributed by atoms with E-state index in [4.69, 9.17) is 0 Å². The lowest BCUT2D eigenvalue weighted by atomic mass is 10.0. The number of nitrogens with one attached hydrogen (secondary N) is 2. The normalized spacial score (nSPS) is 22.2. The quantitative estimate of drug-likeness (QED) is 0.749. The van der Waals surface area contributed by atoms with Crippen LogP contribution in [0.2, 0.25) is 0 Å². The van der Waals surface area contributed by atoms with Gasteiger partial charge in [0.1, 0.15) is 0 Å². The molecule has 106 valence electrons. The zero-order valence-electron chi connectivity index (χ0n) is 11.4. The molecule has 0 aliphatic carbocycles. The molecule has 2 aromatic rings. The van der Waals surface area contributed by atoms with Crippen molar-refractivity contribution in [2.24, 2.45) is 0 Å². The largest absolute Gasteiger partial charge is 0.387 e. The summed E-state index contributed by atoms with van der Waals surface area (Å²) in [7, 11) is 0. The lowest BCUT2D eigenvalue weighted by Gasteiger charge is -2.22. The fourth-order valence-electron chi connectivity index (χ4n) is 2.61. The van der Waals surface area contributed by atoms with Crippen LogP contribution >= 0.6 is 0 Å². The van der Waals surface area contributed by atoms with Crippen molar-refractivity contribution in [3.8, 4) is 5.69 Å². The van der Waals surface area contributed by atoms with Crippen molar-refractivity contribution in [2.75, 3.05) is 19.6 Å². The molecule has 0 unspecified atom stereocenters. The predicted molar refractivity (Wildman–Crippen MR) is 77.7 cm³/mol. The van der Waals surface area contributed by atoms with Gasteiger partial charge >= 0.3 is 0 Å². The highest BCUT2D eigenvalue weighted by Gasteiger charge is 2.30. The van der Waals surface area contributed by atoms with E-state index in [-0.39, 0.29) is 0 Å². The van der Waals surface area contributed by atoms with Crippen molar-refractivity contribution in [1.82, 2.24) is 20.4 Å². The van der Waals surface area contributed by atoms with E-state index in [1.807, 2.05) is 29.1 Å². The standard InChI is InChI=1S/C15H20N4O/c20-15(6-8-16-11-15)12-17-10-13-4-1-2-5-14(13)19-9-3-7-18-19/h1-5,7,9,16-17,20H,6,8,10-12H2/t15-/m0/s1. The number of hydrogen-bond donors (Lipinski definition) is 3. The van der Waals surface area contributed by atoms with Gasteiger partial charge in [0, 0.05) is 32.0 Å². The molecule has 0 spiro atoms. The molecular weight excluding hydrogens is 252 g/mol. The van der Waals surface area contributed by atoms with Crippen LogP contribution in [0.3, 0.4) is 0 Å². The van der Waals surface area contributed by atoms with Crippen LogP contribution < -0.4 is 10.6 Å². The highest BCUT2D eigenvalue weighted by Crippen LogP contribution is 2.15. The minimum Gasteiger partial charge on any atom is -0.387 e. The Labute approximate surface area is 118 Å². The van der Waals surface area contributed by atoms with E-state index < -0.39 is 5.60 Å². The van der Waals surface area contributed by atoms with E-state index in [1.165, 1.54) is 5.56 Å². The zero-order valence-corrected chi connectivity index (χ0v) is 11.4. The molecule has 1 aliphatic rings. The van der Waals surface area contributed by atoms with Crippen LogP contribution in [0.1, 0.15) is 12.0 Å². The first-order valence-electron chi connectivity index (χ1n) is 6.99. The van der Waals surface area contributed by atoms with Crippen LogP contribution in [0.4, 0.5) is 0 Å². The molecule has 3 rings (SSSR count). The number of β-amino-alcohol motifs (C(OH)–C–C–N with tert-alkyl or cyclic N) is 1. The molecule has 0 bridgehead atoms. The summed E-state index contributed by atoms with van der Waals surface area (Å²) in [6, 6.07) is 10.1. The van der Waals surface area contributed by atoms with Gasteiger partial charge in [0.2, 0.25) is 0 Å². The Hall–Kier alpha value is -1.69. The number of para-hydroxylation sites is 1. The van der Waals surface area contributed by atoms with Gasteiger partial charge in [0.15, 0.2) is 0 Å². The van der Waals surface area contributed by atoms with Crippen molar-refractivity contribution in [1.29, 1.82) is 0 Å². The first-order valence-corrected chi connectivity index (χ1v) is 6.99. The lowest BCUT2D eigenvalue weighted by molar-refractivity contribution is 0.0609. The van der Waals surface area contributed by atoms with Gasteiger partial charge in [0.05, 0.1) is 11.3 Å². The van der Waals surface area contributed by atoms with Gasteiger partial charge in [-0.15, -0.1) is 0 Å². The summed E-state index contributed by atoms with van der Waals surface area (Å²) >= 11 is 0. The molecule has 1 fully saturated rings. The highest BCUT2D eigenvalue weighted by molar-refractivity contribution is 5.40. The fourth-order valence-corrected chi connectivity index (χ4v) is 2.61. The molecule has 1 aliphatic heterocycles. The number of aromatic nitrogens is 2. The average molecular weight is 272 g/mol. The first-order chi connectivity index (χ1) is 9.77. The summed E-state index contributed by atoms with van der Waals surface area (Å²) in [4.78, 5) is 0. The predicted octanol–water partition coefficient (Wildman–Crippen LogP) is 0.686. The maximum absolute atomic E-state index is 10.3. The second-order valence-electron chi connectivity index (χ2n) is 5.33. The first kappa shape index (κ1) is 13.3. The van der Waals surface area contributed by atoms with E-state index in [1.54, 1.807) is 6.20 Å². The maximum atomic E-state index is 10.3. The number of rotatable bonds is 5. The number of hydrogen-bond acceptors (Lipinski definition) is 4. The Kier molecular flexibility index (Phi) is 3.82. The molecule has 2 heterocycles. The number of benzene rings is 1. The summed E-state index contributed by atoms with van der Waals surface area (Å²) in [5.41, 5.74) is 1.63. The summed E-state index contributed by atoms with van der Waals surface area (Å²) in [6.07, 6.45) is 4.52. The molecule has 5 nitrogen and oxygen atoms in total. The number of nitrogens with zero attached hydrogens (tertiary/aromatic N) is 2. The van der Waals surface area contributed by atoms with Crippen LogP contribution in [0, 0.1) is 0 Å². The van der Waals surface area contributed by atoms with Crippen LogP contribution in [0.15, 0.2) is 42.7 Å². The molecule has 1 aromatic heterocycles. The molecule has 0 amide bonds. The second kappa shape index (κ2) is 5.75. The maximum Gasteiger partial charge on any atom is 0.0907 e. The molecule has 3 N–H and O–H groups in total. The van der Waals surface area contributed by atoms with Gasteiger partial charge in [-0.2, -0.15) is 5.10 Å². The third kappa shape index (κ3) is 2.90. The van der Waals surface area contributed by atoms with Gasteiger partial charge in [-0.1, -0.05) is 18.2 Å². The number of aliphatic hydroxyl groups is 1. The minimum atomic E-state index is -0.610. The van der Waals surface area contributed by atoms with Gasteiger partial charge in [-0.3, -0.25) is 0 Å². The Morgan fingerprint density at radius 1 is 1.35 bits per heavy atom. The topological polar surface area (TPSA) is 62.1 Å². The zero-order chi connectivity index (χ0) is 13.8. The fraction of sp³-hybridized carbons (Fsp3) is 0.400. The second-order valence-corrected chi connectivity index (χ2v) is 5.33. The summed E-state index contributed by atoms with van der Waals surface area (Å²) < 4.78 is 1.86. The third-order valence-corrected chi connectivity index (χ3v) is 3.73. The molecule has 1 saturated heterocycles. The van der Waals surface area contributed by atoms with Crippen LogP contribution in [-0.4, -0.2) is 40.1 Å². The van der Waals surface area contributed by atoms with Gasteiger partial charge < -0.3 is 15.7 Å². The van der Waals surface area contributed by atoms with E-state index in [0.717, 1.165) is 25.2 Å². The summed E-state index contributed by atoms with van der Waals surface area (Å²) in [5, 5.41) is 21.1. The highest BCUT2D eigenvalue weighted by atomic mass is 16.3.